The van der Waals surface area contributed by atoms with Crippen LogP contribution in [0.4, 0.5) is 18.9 Å². The molecular weight excluding hydrogens is 479 g/mol. The Morgan fingerprint density at radius 2 is 1.94 bits per heavy atom. The molecule has 12 heteroatoms. The van der Waals surface area contributed by atoms with Crippen LogP contribution in [0.15, 0.2) is 58.6 Å². The van der Waals surface area contributed by atoms with Gasteiger partial charge in [0.2, 0.25) is 5.91 Å². The Kier molecular flexibility index (Phi) is 6.17. The second kappa shape index (κ2) is 8.91. The molecule has 0 aliphatic heterocycles. The van der Waals surface area contributed by atoms with Gasteiger partial charge >= 0.3 is 6.18 Å². The molecule has 2 aromatic heterocycles. The molecule has 0 aliphatic rings. The fraction of sp³-hybridized carbons (Fsp3) is 0.143. The van der Waals surface area contributed by atoms with Gasteiger partial charge < -0.3 is 10.3 Å². The van der Waals surface area contributed by atoms with Gasteiger partial charge in [-0.2, -0.15) is 18.3 Å². The number of aromatic amines is 1. The molecule has 0 spiro atoms. The van der Waals surface area contributed by atoms with Crippen LogP contribution in [0.25, 0.3) is 16.7 Å². The summed E-state index contributed by atoms with van der Waals surface area (Å²) in [4.78, 5) is 31.7. The number of carbonyl (C=O) groups is 1. The van der Waals surface area contributed by atoms with Gasteiger partial charge in [-0.25, -0.2) is 9.67 Å². The first-order valence-corrected chi connectivity index (χ1v) is 10.8. The third kappa shape index (κ3) is 5.04. The molecule has 0 radical (unpaired) electrons. The summed E-state index contributed by atoms with van der Waals surface area (Å²) in [6.07, 6.45) is -3.17. The number of aryl methyl sites for hydroxylation is 1. The summed E-state index contributed by atoms with van der Waals surface area (Å²) < 4.78 is 40.2. The van der Waals surface area contributed by atoms with Crippen molar-refractivity contribution in [2.24, 2.45) is 0 Å². The molecule has 7 nitrogen and oxygen atoms in total. The number of aromatic nitrogens is 4. The van der Waals surface area contributed by atoms with Crippen LogP contribution >= 0.6 is 23.4 Å². The van der Waals surface area contributed by atoms with Crippen molar-refractivity contribution in [2.75, 3.05) is 11.1 Å². The Bertz CT molecular complexity index is 1400. The van der Waals surface area contributed by atoms with E-state index in [2.05, 4.69) is 20.4 Å². The van der Waals surface area contributed by atoms with Gasteiger partial charge in [0.25, 0.3) is 5.56 Å². The second-order valence-corrected chi connectivity index (χ2v) is 8.40. The molecule has 0 atom stereocenters. The highest BCUT2D eigenvalue weighted by molar-refractivity contribution is 7.99. The van der Waals surface area contributed by atoms with E-state index in [1.807, 2.05) is 31.2 Å². The van der Waals surface area contributed by atoms with Crippen LogP contribution < -0.4 is 10.9 Å². The standard InChI is InChI=1S/C21H15ClF3N5O2S/c1-11-2-5-13(6-3-11)30-18-14(9-26-30)19(32)29-20(28-18)33-10-17(31)27-16-8-12(21(23,24)25)4-7-15(16)22/h2-9H,10H2,1H3,(H,27,31)(H,28,29,32). The highest BCUT2D eigenvalue weighted by Crippen LogP contribution is 2.34. The zero-order valence-corrected chi connectivity index (χ0v) is 18.5. The van der Waals surface area contributed by atoms with Crippen molar-refractivity contribution in [3.05, 3.63) is 75.2 Å². The lowest BCUT2D eigenvalue weighted by Gasteiger charge is -2.11. The molecule has 0 bridgehead atoms. The van der Waals surface area contributed by atoms with Crippen molar-refractivity contribution >= 4 is 46.0 Å². The van der Waals surface area contributed by atoms with E-state index in [9.17, 15) is 22.8 Å². The number of nitrogens with one attached hydrogen (secondary N) is 2. The number of rotatable bonds is 5. The molecule has 0 unspecified atom stereocenters. The van der Waals surface area contributed by atoms with Gasteiger partial charge in [0.1, 0.15) is 5.39 Å². The number of nitrogens with zero attached hydrogens (tertiary/aromatic N) is 3. The van der Waals surface area contributed by atoms with Crippen LogP contribution in [0.5, 0.6) is 0 Å². The van der Waals surface area contributed by atoms with Crippen molar-refractivity contribution in [1.29, 1.82) is 0 Å². The van der Waals surface area contributed by atoms with Crippen LogP contribution in [0.1, 0.15) is 11.1 Å². The summed E-state index contributed by atoms with van der Waals surface area (Å²) >= 11 is 6.83. The molecule has 0 aliphatic carbocycles. The van der Waals surface area contributed by atoms with Crippen molar-refractivity contribution in [1.82, 2.24) is 19.7 Å². The number of thioether (sulfide) groups is 1. The number of halogens is 4. The SMILES string of the molecule is Cc1ccc(-n2ncc3c(=O)[nH]c(SCC(=O)Nc4cc(C(F)(F)F)ccc4Cl)nc32)cc1. The summed E-state index contributed by atoms with van der Waals surface area (Å²) in [6.45, 7) is 1.94. The second-order valence-electron chi connectivity index (χ2n) is 7.03. The third-order valence-electron chi connectivity index (χ3n) is 4.60. The molecule has 1 amide bonds. The van der Waals surface area contributed by atoms with Crippen LogP contribution in [0, 0.1) is 6.92 Å². The minimum Gasteiger partial charge on any atom is -0.324 e. The summed E-state index contributed by atoms with van der Waals surface area (Å²) in [6, 6.07) is 10.1. The number of amides is 1. The zero-order chi connectivity index (χ0) is 23.8. The number of benzene rings is 2. The highest BCUT2D eigenvalue weighted by Gasteiger charge is 2.31. The van der Waals surface area contributed by atoms with Crippen LogP contribution in [0.2, 0.25) is 5.02 Å². The molecule has 0 saturated carbocycles. The lowest BCUT2D eigenvalue weighted by molar-refractivity contribution is -0.137. The fourth-order valence-corrected chi connectivity index (χ4v) is 3.78. The molecule has 4 rings (SSSR count). The molecule has 2 N–H and O–H groups in total. The molecule has 0 saturated heterocycles. The Balaban J connectivity index is 1.53. The van der Waals surface area contributed by atoms with Gasteiger partial charge in [-0.05, 0) is 37.3 Å². The zero-order valence-electron chi connectivity index (χ0n) is 16.9. The maximum Gasteiger partial charge on any atom is 0.416 e. The lowest BCUT2D eigenvalue weighted by Crippen LogP contribution is -2.16. The largest absolute Gasteiger partial charge is 0.416 e. The smallest absolute Gasteiger partial charge is 0.324 e. The van der Waals surface area contributed by atoms with E-state index in [4.69, 9.17) is 11.6 Å². The van der Waals surface area contributed by atoms with Crippen LogP contribution in [0.3, 0.4) is 0 Å². The number of fused-ring (bicyclic) bond motifs is 1. The van der Waals surface area contributed by atoms with Crippen molar-refractivity contribution < 1.29 is 18.0 Å². The topological polar surface area (TPSA) is 92.7 Å². The number of anilines is 1. The molecule has 170 valence electrons. The van der Waals surface area contributed by atoms with Crippen molar-refractivity contribution in [2.45, 2.75) is 18.3 Å². The van der Waals surface area contributed by atoms with E-state index in [0.29, 0.717) is 11.3 Å². The minimum absolute atomic E-state index is 0.0312. The first-order chi connectivity index (χ1) is 15.6. The molecule has 2 aromatic carbocycles. The molecular formula is C21H15ClF3N5O2S. The van der Waals surface area contributed by atoms with E-state index < -0.39 is 23.2 Å². The summed E-state index contributed by atoms with van der Waals surface area (Å²) in [5.41, 5.74) is 0.557. The third-order valence-corrected chi connectivity index (χ3v) is 5.81. The number of carbonyl (C=O) groups excluding carboxylic acids is 1. The fourth-order valence-electron chi connectivity index (χ4n) is 2.96. The van der Waals surface area contributed by atoms with E-state index in [-0.39, 0.29) is 27.0 Å². The van der Waals surface area contributed by atoms with Gasteiger partial charge in [0.05, 0.1) is 33.9 Å². The monoisotopic (exact) mass is 493 g/mol. The predicted octanol–water partition coefficient (Wildman–Crippen LogP) is 4.82. The first kappa shape index (κ1) is 22.9. The van der Waals surface area contributed by atoms with E-state index in [1.165, 1.54) is 10.9 Å². The molecule has 4 aromatic rings. The highest BCUT2D eigenvalue weighted by atomic mass is 35.5. The Hall–Kier alpha value is -3.31. The maximum absolute atomic E-state index is 12.9. The average Bonchev–Trinajstić information content (AvgIpc) is 3.18. The first-order valence-electron chi connectivity index (χ1n) is 9.46. The lowest BCUT2D eigenvalue weighted by atomic mass is 10.2. The van der Waals surface area contributed by atoms with Gasteiger partial charge in [-0.1, -0.05) is 41.1 Å². The number of hydrogen-bond acceptors (Lipinski definition) is 5. The number of hydrogen-bond donors (Lipinski definition) is 2. The van der Waals surface area contributed by atoms with Gasteiger partial charge in [0, 0.05) is 0 Å². The Morgan fingerprint density at radius 1 is 1.21 bits per heavy atom. The summed E-state index contributed by atoms with van der Waals surface area (Å²) in [7, 11) is 0. The van der Waals surface area contributed by atoms with E-state index in [0.717, 1.165) is 35.5 Å². The normalized spacial score (nSPS) is 11.7. The Morgan fingerprint density at radius 3 is 2.64 bits per heavy atom. The molecule has 33 heavy (non-hydrogen) atoms. The van der Waals surface area contributed by atoms with Gasteiger partial charge in [-0.15, -0.1) is 0 Å². The number of alkyl halides is 3. The number of H-pyrrole nitrogens is 1. The van der Waals surface area contributed by atoms with E-state index >= 15 is 0 Å². The van der Waals surface area contributed by atoms with Crippen LogP contribution in [-0.2, 0) is 11.0 Å². The Labute approximate surface area is 194 Å². The van der Waals surface area contributed by atoms with E-state index in [1.54, 1.807) is 0 Å². The van der Waals surface area contributed by atoms with Gasteiger partial charge in [-0.3, -0.25) is 9.59 Å². The average molecular weight is 494 g/mol. The van der Waals surface area contributed by atoms with Crippen LogP contribution in [-0.4, -0.2) is 31.4 Å². The predicted molar refractivity (Wildman–Crippen MR) is 120 cm³/mol. The molecule has 2 heterocycles. The maximum atomic E-state index is 12.9. The minimum atomic E-state index is -4.57. The molecule has 0 fully saturated rings. The van der Waals surface area contributed by atoms with Crippen molar-refractivity contribution in [3.63, 3.8) is 0 Å². The van der Waals surface area contributed by atoms with Crippen molar-refractivity contribution in [3.8, 4) is 5.69 Å². The van der Waals surface area contributed by atoms with Gasteiger partial charge in [0.15, 0.2) is 10.8 Å². The summed E-state index contributed by atoms with van der Waals surface area (Å²) in [5.74, 6) is -0.837. The quantitative estimate of drug-likeness (QED) is 0.307. The summed E-state index contributed by atoms with van der Waals surface area (Å²) in [5, 5.41) is 6.98.